The van der Waals surface area contributed by atoms with Crippen LogP contribution in [0.5, 0.6) is 0 Å². The van der Waals surface area contributed by atoms with E-state index in [4.69, 9.17) is 0 Å². The number of hydrogen-bond donors (Lipinski definition) is 0. The Labute approximate surface area is 138 Å². The van der Waals surface area contributed by atoms with E-state index in [0.29, 0.717) is 5.92 Å². The molecule has 0 unspecified atom stereocenters. The molecule has 0 radical (unpaired) electrons. The molecule has 0 fully saturated rings. The molecule has 2 nitrogen and oxygen atoms in total. The minimum absolute atomic E-state index is 0. The van der Waals surface area contributed by atoms with E-state index < -0.39 is 8.07 Å². The van der Waals surface area contributed by atoms with Crippen molar-refractivity contribution in [3.8, 4) is 0 Å². The Balaban J connectivity index is -0.000000312. The summed E-state index contributed by atoms with van der Waals surface area (Å²) in [7, 11) is 0.837. The molecule has 0 aliphatic heterocycles. The fourth-order valence-corrected chi connectivity index (χ4v) is 1.66. The fourth-order valence-electron chi connectivity index (χ4n) is 1.05. The summed E-state index contributed by atoms with van der Waals surface area (Å²) in [5, 5.41) is 4.39. The van der Waals surface area contributed by atoms with Crippen LogP contribution in [0.3, 0.4) is 0 Å². The maximum absolute atomic E-state index is 4.39. The van der Waals surface area contributed by atoms with Gasteiger partial charge in [0, 0.05) is 12.8 Å². The second-order valence-corrected chi connectivity index (χ2v) is 11.1. The summed E-state index contributed by atoms with van der Waals surface area (Å²) >= 11 is 0. The van der Waals surface area contributed by atoms with Crippen molar-refractivity contribution < 1.29 is 17.1 Å². The van der Waals surface area contributed by atoms with Crippen molar-refractivity contribution in [2.24, 2.45) is 10.9 Å². The Morgan fingerprint density at radius 1 is 1.30 bits per heavy atom. The van der Waals surface area contributed by atoms with Crippen molar-refractivity contribution in [1.29, 1.82) is 0 Å². The smallest absolute Gasteiger partial charge is 0.688 e. The fraction of sp³-hybridized carbons (Fsp3) is 0.625. The largest absolute Gasteiger partial charge is 1.00 e. The summed E-state index contributed by atoms with van der Waals surface area (Å²) in [6.07, 6.45) is 2.00. The van der Waals surface area contributed by atoms with Gasteiger partial charge in [-0.2, -0.15) is 5.70 Å². The molecule has 0 N–H and O–H groups in total. The first kappa shape index (κ1) is 24.5. The van der Waals surface area contributed by atoms with Crippen molar-refractivity contribution >= 4 is 13.8 Å². The number of hydrogen-bond acceptors (Lipinski definition) is 1. The average Bonchev–Trinajstić information content (AvgIpc) is 2.25. The van der Waals surface area contributed by atoms with E-state index >= 15 is 0 Å². The molecule has 20 heavy (non-hydrogen) atoms. The maximum atomic E-state index is 4.39. The van der Waals surface area contributed by atoms with Crippen molar-refractivity contribution in [1.82, 2.24) is 0 Å². The van der Waals surface area contributed by atoms with Crippen molar-refractivity contribution in [3.63, 3.8) is 0 Å². The number of allylic oxidation sites excluding steroid dienone is 2. The first-order valence-corrected chi connectivity index (χ1v) is 10.4. The number of rotatable bonds is 5. The SMILES string of the molecule is C=C=C[Si](C)(C)C.CN=C(C)/C=C(/C)[N-]CC(C)C.[Cu+]. The summed E-state index contributed by atoms with van der Waals surface area (Å²) in [6.45, 7) is 19.5. The van der Waals surface area contributed by atoms with E-state index in [1.165, 1.54) is 0 Å². The first-order chi connectivity index (χ1) is 8.62. The zero-order chi connectivity index (χ0) is 15.5. The van der Waals surface area contributed by atoms with E-state index in [-0.39, 0.29) is 17.1 Å². The molecular weight excluding hydrogens is 312 g/mol. The topological polar surface area (TPSA) is 26.5 Å². The van der Waals surface area contributed by atoms with Crippen LogP contribution >= 0.6 is 0 Å². The van der Waals surface area contributed by atoms with Crippen LogP contribution in [0, 0.1) is 5.92 Å². The molecule has 0 aromatic carbocycles. The molecule has 0 aromatic rings. The Kier molecular flexibility index (Phi) is 16.5. The van der Waals surface area contributed by atoms with E-state index in [0.717, 1.165) is 18.0 Å². The van der Waals surface area contributed by atoms with Crippen LogP contribution in [0.2, 0.25) is 19.6 Å². The Morgan fingerprint density at radius 2 is 1.80 bits per heavy atom. The minimum Gasteiger partial charge on any atom is -0.688 e. The molecule has 0 atom stereocenters. The van der Waals surface area contributed by atoms with Crippen LogP contribution in [0.1, 0.15) is 27.7 Å². The predicted molar refractivity (Wildman–Crippen MR) is 92.9 cm³/mol. The van der Waals surface area contributed by atoms with Gasteiger partial charge in [0.2, 0.25) is 0 Å². The number of aliphatic imine (C=N–C) groups is 1. The third-order valence-electron chi connectivity index (χ3n) is 2.01. The molecular formula is C16H31CuN2Si. The third-order valence-corrected chi connectivity index (χ3v) is 3.08. The molecule has 0 spiro atoms. The van der Waals surface area contributed by atoms with Crippen LogP contribution in [0.25, 0.3) is 5.32 Å². The molecule has 0 saturated heterocycles. The zero-order valence-corrected chi connectivity index (χ0v) is 16.3. The molecule has 0 amide bonds. The van der Waals surface area contributed by atoms with Crippen molar-refractivity contribution in [2.45, 2.75) is 47.3 Å². The predicted octanol–water partition coefficient (Wildman–Crippen LogP) is 5.21. The zero-order valence-electron chi connectivity index (χ0n) is 14.3. The molecule has 4 heteroatoms. The van der Waals surface area contributed by atoms with E-state index in [1.54, 1.807) is 7.05 Å². The van der Waals surface area contributed by atoms with Gasteiger partial charge >= 0.3 is 17.1 Å². The summed E-state index contributed by atoms with van der Waals surface area (Å²) < 4.78 is 0. The van der Waals surface area contributed by atoms with E-state index in [2.05, 4.69) is 61.8 Å². The van der Waals surface area contributed by atoms with Crippen LogP contribution in [-0.2, 0) is 17.1 Å². The molecule has 120 valence electrons. The van der Waals surface area contributed by atoms with Crippen LogP contribution < -0.4 is 0 Å². The monoisotopic (exact) mass is 342 g/mol. The maximum Gasteiger partial charge on any atom is 1.00 e. The third kappa shape index (κ3) is 22.6. The molecule has 0 aliphatic rings. The average molecular weight is 343 g/mol. The van der Waals surface area contributed by atoms with Gasteiger partial charge in [-0.1, -0.05) is 64.7 Å². The van der Waals surface area contributed by atoms with Gasteiger partial charge in [0.15, 0.2) is 0 Å². The molecule has 0 aromatic heterocycles. The van der Waals surface area contributed by atoms with Gasteiger partial charge in [0.05, 0.1) is 8.07 Å². The van der Waals surface area contributed by atoms with Crippen LogP contribution in [-0.4, -0.2) is 27.4 Å². The minimum atomic E-state index is -0.956. The van der Waals surface area contributed by atoms with Crippen LogP contribution in [0.4, 0.5) is 0 Å². The second-order valence-electron chi connectivity index (χ2n) is 6.10. The number of nitrogens with zero attached hydrogens (tertiary/aromatic N) is 2. The Morgan fingerprint density at radius 3 is 2.05 bits per heavy atom. The van der Waals surface area contributed by atoms with Gasteiger partial charge in [-0.25, -0.2) is 0 Å². The Hall–Kier alpha value is -0.534. The van der Waals surface area contributed by atoms with Gasteiger partial charge in [-0.15, -0.1) is 12.3 Å². The summed E-state index contributed by atoms with van der Waals surface area (Å²) in [6, 6.07) is 0. The summed E-state index contributed by atoms with van der Waals surface area (Å²) in [4.78, 5) is 4.04. The standard InChI is InChI=1S/C10H19N2.C6H12Si.Cu/c1-8(2)7-12-10(4)6-9(3)11-5;1-5-6-7(2,3)4;/h6,8H,7H2,1-5H3;6H,1H2,2-4H3;/q-1;;+1/b10-6-,11-9?;;. The van der Waals surface area contributed by atoms with Gasteiger partial charge in [0.1, 0.15) is 0 Å². The van der Waals surface area contributed by atoms with E-state index in [9.17, 15) is 0 Å². The van der Waals surface area contributed by atoms with Gasteiger partial charge in [-0.3, -0.25) is 4.99 Å². The second kappa shape index (κ2) is 13.4. The molecule has 0 bridgehead atoms. The molecule has 0 rings (SSSR count). The Bertz CT molecular complexity index is 346. The van der Waals surface area contributed by atoms with Crippen LogP contribution in [0.15, 0.2) is 34.8 Å². The molecule has 0 heterocycles. The quantitative estimate of drug-likeness (QED) is 0.372. The first-order valence-electron chi connectivity index (χ1n) is 6.78. The van der Waals surface area contributed by atoms with Crippen molar-refractivity contribution in [3.05, 3.63) is 35.1 Å². The van der Waals surface area contributed by atoms with Gasteiger partial charge in [-0.05, 0) is 6.92 Å². The molecule has 0 aliphatic carbocycles. The van der Waals surface area contributed by atoms with Gasteiger partial charge in [0.25, 0.3) is 0 Å². The summed E-state index contributed by atoms with van der Waals surface area (Å²) in [5.41, 5.74) is 6.97. The van der Waals surface area contributed by atoms with Gasteiger partial charge < -0.3 is 5.32 Å². The summed E-state index contributed by atoms with van der Waals surface area (Å²) in [5.74, 6) is 0.632. The molecule has 0 saturated carbocycles. The van der Waals surface area contributed by atoms with Crippen molar-refractivity contribution in [2.75, 3.05) is 13.6 Å². The van der Waals surface area contributed by atoms with E-state index in [1.807, 2.05) is 19.9 Å². The normalized spacial score (nSPS) is 11.8.